The number of fused-ring (bicyclic) bond motifs is 1. The van der Waals surface area contributed by atoms with Crippen molar-refractivity contribution in [2.45, 2.75) is 50.4 Å². The number of allylic oxidation sites excluding steroid dienone is 1. The van der Waals surface area contributed by atoms with E-state index in [4.69, 9.17) is 4.74 Å². The smallest absolute Gasteiger partial charge is 0.339 e. The highest BCUT2D eigenvalue weighted by Gasteiger charge is 2.78. The number of ether oxygens (including phenoxy) is 1. The summed E-state index contributed by atoms with van der Waals surface area (Å²) in [5.41, 5.74) is -2.21. The van der Waals surface area contributed by atoms with Crippen molar-refractivity contribution >= 4 is 11.9 Å². The predicted octanol–water partition coefficient (Wildman–Crippen LogP) is 0.524. The molecule has 2 fully saturated rings. The molecule has 2 heterocycles. The predicted molar refractivity (Wildman–Crippen MR) is 67.0 cm³/mol. The second-order valence-corrected chi connectivity index (χ2v) is 5.98. The first-order valence-corrected chi connectivity index (χ1v) is 6.83. The van der Waals surface area contributed by atoms with Gasteiger partial charge in [0.15, 0.2) is 5.60 Å². The zero-order valence-electron chi connectivity index (χ0n) is 11.2. The highest BCUT2D eigenvalue weighted by Crippen LogP contribution is 2.52. The Hall–Kier alpha value is -1.36. The number of aliphatic hydroxyl groups is 1. The number of esters is 1. The van der Waals surface area contributed by atoms with E-state index in [0.717, 1.165) is 19.3 Å². The van der Waals surface area contributed by atoms with Crippen LogP contribution in [-0.2, 0) is 14.3 Å². The van der Waals surface area contributed by atoms with Gasteiger partial charge < -0.3 is 15.2 Å². The normalized spacial score (nSPS) is 46.1. The van der Waals surface area contributed by atoms with E-state index in [1.54, 1.807) is 13.8 Å². The minimum atomic E-state index is -1.27. The first-order chi connectivity index (χ1) is 8.93. The largest absolute Gasteiger partial charge is 0.453 e. The lowest BCUT2D eigenvalue weighted by Gasteiger charge is -2.54. The maximum atomic E-state index is 12.0. The van der Waals surface area contributed by atoms with Crippen LogP contribution < -0.4 is 5.32 Å². The molecule has 0 unspecified atom stereocenters. The van der Waals surface area contributed by atoms with Crippen LogP contribution in [0.15, 0.2) is 12.2 Å². The fourth-order valence-corrected chi connectivity index (χ4v) is 3.58. The molecule has 0 saturated carbocycles. The van der Waals surface area contributed by atoms with Crippen molar-refractivity contribution in [1.82, 2.24) is 5.32 Å². The van der Waals surface area contributed by atoms with Crippen LogP contribution in [0.25, 0.3) is 0 Å². The van der Waals surface area contributed by atoms with E-state index in [1.165, 1.54) is 0 Å². The highest BCUT2D eigenvalue weighted by molar-refractivity contribution is 6.01. The molecule has 1 aliphatic carbocycles. The Bertz CT molecular complexity index is 474. The first kappa shape index (κ1) is 12.7. The van der Waals surface area contributed by atoms with E-state index in [1.807, 2.05) is 12.2 Å². The van der Waals surface area contributed by atoms with E-state index in [0.29, 0.717) is 0 Å². The van der Waals surface area contributed by atoms with Crippen LogP contribution in [0.1, 0.15) is 33.1 Å². The van der Waals surface area contributed by atoms with E-state index >= 15 is 0 Å². The Morgan fingerprint density at radius 1 is 1.53 bits per heavy atom. The number of nitrogens with one attached hydrogen (secondary N) is 1. The molecule has 0 spiro atoms. The Labute approximate surface area is 112 Å². The molecular weight excluding hydrogens is 246 g/mol. The summed E-state index contributed by atoms with van der Waals surface area (Å²) in [5, 5.41) is 13.4. The molecule has 0 aromatic heterocycles. The minimum absolute atomic E-state index is 0.105. The molecule has 3 rings (SSSR count). The maximum absolute atomic E-state index is 12.0. The van der Waals surface area contributed by atoms with Crippen LogP contribution in [0.2, 0.25) is 0 Å². The standard InChI is InChI=1S/C14H19NO4/c1-8-11(17)15-14(12(18)19-13(8,14)2)10(16)9-6-4-3-5-7-9/h4,6,8-10,16H,3,5,7H2,1-2H3,(H,15,17)/t8-,9+,10-,13-,14-/m0/s1. The fourth-order valence-electron chi connectivity index (χ4n) is 3.58. The van der Waals surface area contributed by atoms with E-state index in [2.05, 4.69) is 5.32 Å². The van der Waals surface area contributed by atoms with Crippen molar-refractivity contribution in [3.8, 4) is 0 Å². The van der Waals surface area contributed by atoms with Crippen LogP contribution >= 0.6 is 0 Å². The Morgan fingerprint density at radius 3 is 2.79 bits per heavy atom. The quantitative estimate of drug-likeness (QED) is 0.564. The van der Waals surface area contributed by atoms with Gasteiger partial charge in [0.25, 0.3) is 0 Å². The van der Waals surface area contributed by atoms with Gasteiger partial charge in [0, 0.05) is 5.92 Å². The molecule has 0 bridgehead atoms. The average Bonchev–Trinajstić information content (AvgIpc) is 2.57. The van der Waals surface area contributed by atoms with Gasteiger partial charge in [0.05, 0.1) is 12.0 Å². The molecule has 0 radical (unpaired) electrons. The van der Waals surface area contributed by atoms with Crippen LogP contribution in [0.3, 0.4) is 0 Å². The third-order valence-electron chi connectivity index (χ3n) is 5.09. The zero-order valence-corrected chi connectivity index (χ0v) is 11.2. The Balaban J connectivity index is 1.97. The van der Waals surface area contributed by atoms with E-state index < -0.39 is 29.1 Å². The third-order valence-corrected chi connectivity index (χ3v) is 5.09. The number of aliphatic hydroxyl groups excluding tert-OH is 1. The van der Waals surface area contributed by atoms with Gasteiger partial charge in [-0.3, -0.25) is 4.79 Å². The first-order valence-electron chi connectivity index (χ1n) is 6.83. The molecule has 104 valence electrons. The lowest BCUT2D eigenvalue weighted by atomic mass is 9.65. The van der Waals surface area contributed by atoms with Crippen LogP contribution in [0, 0.1) is 11.8 Å². The monoisotopic (exact) mass is 265 g/mol. The Kier molecular flexibility index (Phi) is 2.55. The van der Waals surface area contributed by atoms with Crippen LogP contribution in [-0.4, -0.2) is 34.2 Å². The highest BCUT2D eigenvalue weighted by atomic mass is 16.6. The van der Waals surface area contributed by atoms with Crippen molar-refractivity contribution in [3.05, 3.63) is 12.2 Å². The molecule has 2 N–H and O–H groups in total. The van der Waals surface area contributed by atoms with Crippen molar-refractivity contribution in [1.29, 1.82) is 0 Å². The molecule has 0 aromatic rings. The van der Waals surface area contributed by atoms with Gasteiger partial charge in [0.1, 0.15) is 0 Å². The summed E-state index contributed by atoms with van der Waals surface area (Å²) in [5.74, 6) is -1.29. The number of carbonyl (C=O) groups excluding carboxylic acids is 2. The van der Waals surface area contributed by atoms with Crippen LogP contribution in [0.4, 0.5) is 0 Å². The van der Waals surface area contributed by atoms with Crippen molar-refractivity contribution in [2.24, 2.45) is 11.8 Å². The SMILES string of the molecule is C[C@H]1C(=O)N[C@@]2([C@@H](O)[C@@H]3C=CCCC3)C(=O)O[C@@]12C. The van der Waals surface area contributed by atoms with Gasteiger partial charge >= 0.3 is 5.97 Å². The van der Waals surface area contributed by atoms with Gasteiger partial charge in [0.2, 0.25) is 11.4 Å². The van der Waals surface area contributed by atoms with Gasteiger partial charge in [-0.2, -0.15) is 0 Å². The average molecular weight is 265 g/mol. The third kappa shape index (κ3) is 1.34. The van der Waals surface area contributed by atoms with Crippen LogP contribution in [0.5, 0.6) is 0 Å². The second-order valence-electron chi connectivity index (χ2n) is 5.98. The summed E-state index contributed by atoms with van der Waals surface area (Å²) >= 11 is 0. The van der Waals surface area contributed by atoms with Gasteiger partial charge in [-0.25, -0.2) is 4.79 Å². The number of rotatable bonds is 2. The minimum Gasteiger partial charge on any atom is -0.453 e. The maximum Gasteiger partial charge on any atom is 0.339 e. The molecule has 0 aromatic carbocycles. The Morgan fingerprint density at radius 2 is 2.26 bits per heavy atom. The van der Waals surface area contributed by atoms with Crippen molar-refractivity contribution in [3.63, 3.8) is 0 Å². The molecule has 3 aliphatic rings. The summed E-state index contributed by atoms with van der Waals surface area (Å²) in [7, 11) is 0. The number of carbonyl (C=O) groups is 2. The summed E-state index contributed by atoms with van der Waals surface area (Å²) in [6.07, 6.45) is 5.86. The number of hydrogen-bond donors (Lipinski definition) is 2. The number of hydrogen-bond acceptors (Lipinski definition) is 4. The van der Waals surface area contributed by atoms with Crippen molar-refractivity contribution < 1.29 is 19.4 Å². The molecule has 5 nitrogen and oxygen atoms in total. The summed E-state index contributed by atoms with van der Waals surface area (Å²) in [6, 6.07) is 0. The number of amides is 1. The molecule has 2 aliphatic heterocycles. The van der Waals surface area contributed by atoms with Gasteiger partial charge in [-0.1, -0.05) is 12.2 Å². The zero-order chi connectivity index (χ0) is 13.8. The molecule has 1 amide bonds. The summed E-state index contributed by atoms with van der Waals surface area (Å²) in [6.45, 7) is 3.46. The topological polar surface area (TPSA) is 75.6 Å². The van der Waals surface area contributed by atoms with E-state index in [9.17, 15) is 14.7 Å². The van der Waals surface area contributed by atoms with E-state index in [-0.39, 0.29) is 11.8 Å². The van der Waals surface area contributed by atoms with Crippen molar-refractivity contribution in [2.75, 3.05) is 0 Å². The lowest BCUT2D eigenvalue weighted by Crippen LogP contribution is -2.79. The molecule has 5 atom stereocenters. The summed E-state index contributed by atoms with van der Waals surface area (Å²) < 4.78 is 5.24. The molecular formula is C14H19NO4. The molecule has 5 heteroatoms. The van der Waals surface area contributed by atoms with Gasteiger partial charge in [-0.15, -0.1) is 0 Å². The fraction of sp³-hybridized carbons (Fsp3) is 0.714. The second kappa shape index (κ2) is 3.82. The molecule has 2 saturated heterocycles. The lowest BCUT2D eigenvalue weighted by molar-refractivity contribution is -0.237. The van der Waals surface area contributed by atoms with Gasteiger partial charge in [-0.05, 0) is 33.1 Å². The molecule has 19 heavy (non-hydrogen) atoms. The summed E-state index contributed by atoms with van der Waals surface area (Å²) in [4.78, 5) is 23.9.